The highest BCUT2D eigenvalue weighted by Gasteiger charge is 2.19. The summed E-state index contributed by atoms with van der Waals surface area (Å²) >= 11 is 0. The molecule has 0 aliphatic heterocycles. The summed E-state index contributed by atoms with van der Waals surface area (Å²) in [4.78, 5) is 13.6. The Morgan fingerprint density at radius 1 is 1.41 bits per heavy atom. The topological polar surface area (TPSA) is 50.8 Å². The van der Waals surface area contributed by atoms with Crippen molar-refractivity contribution in [2.75, 3.05) is 47.0 Å². The van der Waals surface area contributed by atoms with E-state index in [2.05, 4.69) is 17.1 Å². The molecule has 1 N–H and O–H groups in total. The monoisotopic (exact) mass is 246 g/mol. The van der Waals surface area contributed by atoms with Crippen molar-refractivity contribution >= 4 is 5.97 Å². The fourth-order valence-corrected chi connectivity index (χ4v) is 1.45. The van der Waals surface area contributed by atoms with Gasteiger partial charge in [-0.05, 0) is 26.9 Å². The van der Waals surface area contributed by atoms with E-state index in [0.717, 1.165) is 26.1 Å². The number of nitrogens with one attached hydrogen (secondary N) is 1. The van der Waals surface area contributed by atoms with Crippen LogP contribution >= 0.6 is 0 Å². The van der Waals surface area contributed by atoms with E-state index in [9.17, 15) is 4.79 Å². The van der Waals surface area contributed by atoms with Gasteiger partial charge in [0.05, 0.1) is 13.7 Å². The molecule has 1 atom stereocenters. The van der Waals surface area contributed by atoms with E-state index in [1.54, 1.807) is 0 Å². The summed E-state index contributed by atoms with van der Waals surface area (Å²) in [6.45, 7) is 7.73. The van der Waals surface area contributed by atoms with Gasteiger partial charge in [0, 0.05) is 19.7 Å². The highest BCUT2D eigenvalue weighted by molar-refractivity contribution is 5.75. The lowest BCUT2D eigenvalue weighted by atomic mass is 10.2. The standard InChI is InChI=1S/C12H26N2O3/c1-5-7-13-11(12(15)16-4)10-14(3)8-9-17-6-2/h11,13H,5-10H2,1-4H3. The SMILES string of the molecule is CCCNC(CN(C)CCOCC)C(=O)OC. The molecule has 1 unspecified atom stereocenters. The zero-order valence-electron chi connectivity index (χ0n) is 11.5. The molecule has 0 aromatic carbocycles. The maximum atomic E-state index is 11.5. The Kier molecular flexibility index (Phi) is 10.1. The minimum absolute atomic E-state index is 0.207. The average molecular weight is 246 g/mol. The predicted octanol–water partition coefficient (Wildman–Crippen LogP) is 0.496. The third kappa shape index (κ3) is 8.12. The van der Waals surface area contributed by atoms with Crippen LogP contribution in [0.2, 0.25) is 0 Å². The summed E-state index contributed by atoms with van der Waals surface area (Å²) in [5.74, 6) is -0.207. The number of ether oxygens (including phenoxy) is 2. The molecule has 0 spiro atoms. The van der Waals surface area contributed by atoms with E-state index >= 15 is 0 Å². The summed E-state index contributed by atoms with van der Waals surface area (Å²) in [5, 5.41) is 3.18. The summed E-state index contributed by atoms with van der Waals surface area (Å²) in [6.07, 6.45) is 0.996. The van der Waals surface area contributed by atoms with Crippen molar-refractivity contribution in [2.24, 2.45) is 0 Å². The van der Waals surface area contributed by atoms with Crippen LogP contribution in [0.5, 0.6) is 0 Å². The number of carbonyl (C=O) groups is 1. The summed E-state index contributed by atoms with van der Waals surface area (Å²) in [7, 11) is 3.39. The summed E-state index contributed by atoms with van der Waals surface area (Å²) in [6, 6.07) is -0.258. The highest BCUT2D eigenvalue weighted by atomic mass is 16.5. The van der Waals surface area contributed by atoms with E-state index in [1.807, 2.05) is 14.0 Å². The lowest BCUT2D eigenvalue weighted by Gasteiger charge is -2.23. The molecule has 0 fully saturated rings. The van der Waals surface area contributed by atoms with Crippen molar-refractivity contribution in [1.82, 2.24) is 10.2 Å². The largest absolute Gasteiger partial charge is 0.468 e. The Balaban J connectivity index is 3.98. The Bertz CT molecular complexity index is 200. The molecular weight excluding hydrogens is 220 g/mol. The molecule has 102 valence electrons. The fourth-order valence-electron chi connectivity index (χ4n) is 1.45. The molecule has 0 radical (unpaired) electrons. The van der Waals surface area contributed by atoms with Crippen LogP contribution in [0.15, 0.2) is 0 Å². The number of methoxy groups -OCH3 is 1. The first-order valence-corrected chi connectivity index (χ1v) is 6.23. The number of likely N-dealkylation sites (N-methyl/N-ethyl adjacent to an activating group) is 1. The Hall–Kier alpha value is -0.650. The van der Waals surface area contributed by atoms with E-state index < -0.39 is 0 Å². The maximum Gasteiger partial charge on any atom is 0.324 e. The van der Waals surface area contributed by atoms with Gasteiger partial charge in [0.1, 0.15) is 6.04 Å². The predicted molar refractivity (Wildman–Crippen MR) is 68.1 cm³/mol. The minimum Gasteiger partial charge on any atom is -0.468 e. The average Bonchev–Trinajstić information content (AvgIpc) is 2.33. The van der Waals surface area contributed by atoms with Crippen LogP contribution in [-0.4, -0.2) is 63.9 Å². The van der Waals surface area contributed by atoms with Crippen molar-refractivity contribution in [3.8, 4) is 0 Å². The first-order chi connectivity index (χ1) is 8.15. The second-order valence-electron chi connectivity index (χ2n) is 3.99. The highest BCUT2D eigenvalue weighted by Crippen LogP contribution is 1.94. The van der Waals surface area contributed by atoms with Crippen LogP contribution in [0, 0.1) is 0 Å². The molecule has 0 aromatic rings. The van der Waals surface area contributed by atoms with E-state index in [1.165, 1.54) is 7.11 Å². The number of hydrogen-bond donors (Lipinski definition) is 1. The van der Waals surface area contributed by atoms with Crippen LogP contribution in [0.4, 0.5) is 0 Å². The molecule has 0 saturated heterocycles. The number of nitrogens with zero attached hydrogens (tertiary/aromatic N) is 1. The number of hydrogen-bond acceptors (Lipinski definition) is 5. The van der Waals surface area contributed by atoms with Crippen LogP contribution < -0.4 is 5.32 Å². The van der Waals surface area contributed by atoms with Crippen molar-refractivity contribution in [2.45, 2.75) is 26.3 Å². The van der Waals surface area contributed by atoms with Gasteiger partial charge >= 0.3 is 5.97 Å². The second-order valence-corrected chi connectivity index (χ2v) is 3.99. The van der Waals surface area contributed by atoms with Crippen molar-refractivity contribution in [3.05, 3.63) is 0 Å². The second kappa shape index (κ2) is 10.5. The zero-order chi connectivity index (χ0) is 13.1. The van der Waals surface area contributed by atoms with Gasteiger partial charge in [0.25, 0.3) is 0 Å². The van der Waals surface area contributed by atoms with E-state index in [4.69, 9.17) is 9.47 Å². The molecule has 5 heteroatoms. The van der Waals surface area contributed by atoms with Gasteiger partial charge in [-0.15, -0.1) is 0 Å². The quantitative estimate of drug-likeness (QED) is 0.449. The summed E-state index contributed by atoms with van der Waals surface area (Å²) in [5.41, 5.74) is 0. The first kappa shape index (κ1) is 16.4. The number of rotatable bonds is 10. The molecule has 0 aromatic heterocycles. The molecule has 0 heterocycles. The number of carbonyl (C=O) groups excluding carboxylic acids is 1. The van der Waals surface area contributed by atoms with Crippen LogP contribution in [0.1, 0.15) is 20.3 Å². The zero-order valence-corrected chi connectivity index (χ0v) is 11.5. The van der Waals surface area contributed by atoms with Crippen LogP contribution in [-0.2, 0) is 14.3 Å². The maximum absolute atomic E-state index is 11.5. The van der Waals surface area contributed by atoms with Crippen molar-refractivity contribution in [1.29, 1.82) is 0 Å². The molecule has 0 rings (SSSR count). The lowest BCUT2D eigenvalue weighted by Crippen LogP contribution is -2.46. The van der Waals surface area contributed by atoms with E-state index in [0.29, 0.717) is 13.2 Å². The van der Waals surface area contributed by atoms with Gasteiger partial charge in [-0.3, -0.25) is 4.79 Å². The van der Waals surface area contributed by atoms with Gasteiger partial charge in [-0.1, -0.05) is 6.92 Å². The van der Waals surface area contributed by atoms with Crippen LogP contribution in [0.25, 0.3) is 0 Å². The number of esters is 1. The summed E-state index contributed by atoms with van der Waals surface area (Å²) < 4.78 is 10.1. The molecule has 0 aliphatic rings. The normalized spacial score (nSPS) is 12.8. The molecule has 0 bridgehead atoms. The Morgan fingerprint density at radius 2 is 2.12 bits per heavy atom. The van der Waals surface area contributed by atoms with Gasteiger partial charge in [-0.2, -0.15) is 0 Å². The van der Waals surface area contributed by atoms with Crippen LogP contribution in [0.3, 0.4) is 0 Å². The molecule has 0 saturated carbocycles. The van der Waals surface area contributed by atoms with Crippen molar-refractivity contribution in [3.63, 3.8) is 0 Å². The lowest BCUT2D eigenvalue weighted by molar-refractivity contribution is -0.143. The Labute approximate surface area is 104 Å². The fraction of sp³-hybridized carbons (Fsp3) is 0.917. The third-order valence-electron chi connectivity index (χ3n) is 2.44. The van der Waals surface area contributed by atoms with Gasteiger partial charge in [0.2, 0.25) is 0 Å². The molecule has 5 nitrogen and oxygen atoms in total. The van der Waals surface area contributed by atoms with Gasteiger partial charge < -0.3 is 19.7 Å². The first-order valence-electron chi connectivity index (χ1n) is 6.23. The molecule has 0 aliphatic carbocycles. The van der Waals surface area contributed by atoms with E-state index in [-0.39, 0.29) is 12.0 Å². The third-order valence-corrected chi connectivity index (χ3v) is 2.44. The van der Waals surface area contributed by atoms with Crippen molar-refractivity contribution < 1.29 is 14.3 Å². The molecule has 0 amide bonds. The Morgan fingerprint density at radius 3 is 2.65 bits per heavy atom. The van der Waals surface area contributed by atoms with Gasteiger partial charge in [-0.25, -0.2) is 0 Å². The molecule has 17 heavy (non-hydrogen) atoms. The minimum atomic E-state index is -0.258. The smallest absolute Gasteiger partial charge is 0.324 e. The van der Waals surface area contributed by atoms with Gasteiger partial charge in [0.15, 0.2) is 0 Å². The molecular formula is C12H26N2O3.